The molecule has 0 spiro atoms. The average Bonchev–Trinajstić information content (AvgIpc) is 0.722. The molecule has 1 atom stereocenters. The normalized spacial score (nSPS) is 11.8. The van der Waals surface area contributed by atoms with Crippen molar-refractivity contribution < 1.29 is 9.46 Å². The molecule has 0 aromatic rings. The van der Waals surface area contributed by atoms with E-state index in [0.717, 1.165) is 6.66 Å². The number of hydrogen-bond acceptors (Lipinski definition) is 1. The maximum absolute atomic E-state index is 9.55. The molecule has 0 aromatic heterocycles. The van der Waals surface area contributed by atoms with Gasteiger partial charge in [-0.15, -0.1) is 0 Å². The standard InChI is InChI=1S/C2H5O2P/c1-5(2,3)4/h1H,2H3,(H,3,4). The van der Waals surface area contributed by atoms with Gasteiger partial charge in [0.25, 0.3) is 0 Å². The Morgan fingerprint density at radius 3 is 2.00 bits per heavy atom. The predicted octanol–water partition coefficient (Wildman–Crippen LogP) is 0.555. The molecule has 3 heteroatoms. The second-order valence-electron chi connectivity index (χ2n) is 0.943. The highest BCUT2D eigenvalue weighted by molar-refractivity contribution is 7.58. The van der Waals surface area contributed by atoms with Crippen LogP contribution in [0.2, 0.25) is 0 Å². The molecule has 0 aromatic carbocycles. The van der Waals surface area contributed by atoms with E-state index in [1.54, 1.807) is 0 Å². The summed E-state index contributed by atoms with van der Waals surface area (Å²) >= 11 is 0. The Hall–Kier alpha value is 0.190. The molecule has 0 aliphatic heterocycles. The largest absolute Gasteiger partial charge is 0.344 e. The summed E-state index contributed by atoms with van der Waals surface area (Å²) in [6, 6.07) is 0. The first-order valence-electron chi connectivity index (χ1n) is 1.09. The SMILES string of the molecule is [CH]P(C)(=O)O. The van der Waals surface area contributed by atoms with Crippen molar-refractivity contribution >= 4 is 7.37 Å². The van der Waals surface area contributed by atoms with E-state index in [0.29, 0.717) is 0 Å². The summed E-state index contributed by atoms with van der Waals surface area (Å²) in [7, 11) is -3.14. The maximum Gasteiger partial charge on any atom is 0.202 e. The van der Waals surface area contributed by atoms with Gasteiger partial charge >= 0.3 is 0 Å². The quantitative estimate of drug-likeness (QED) is 0.443. The molecule has 0 saturated heterocycles. The zero-order chi connectivity index (χ0) is 4.50. The summed E-state index contributed by atoms with van der Waals surface area (Å²) in [6.07, 6.45) is 0. The van der Waals surface area contributed by atoms with Crippen molar-refractivity contribution in [2.45, 2.75) is 0 Å². The molecule has 5 heavy (non-hydrogen) atoms. The van der Waals surface area contributed by atoms with Crippen LogP contribution in [0.4, 0.5) is 0 Å². The van der Waals surface area contributed by atoms with Crippen LogP contribution in [0.3, 0.4) is 0 Å². The van der Waals surface area contributed by atoms with E-state index in [9.17, 15) is 4.57 Å². The second kappa shape index (κ2) is 1.11. The molecule has 0 amide bonds. The second-order valence-corrected chi connectivity index (χ2v) is 2.83. The van der Waals surface area contributed by atoms with Crippen molar-refractivity contribution in [3.05, 3.63) is 6.66 Å². The zero-order valence-corrected chi connectivity index (χ0v) is 3.77. The van der Waals surface area contributed by atoms with E-state index in [1.165, 1.54) is 0 Å². The molecule has 0 rings (SSSR count). The molecule has 0 aliphatic rings. The van der Waals surface area contributed by atoms with Gasteiger partial charge in [0.2, 0.25) is 7.37 Å². The van der Waals surface area contributed by atoms with Crippen LogP contribution in [0.25, 0.3) is 0 Å². The molecule has 0 bridgehead atoms. The number of rotatable bonds is 0. The molecule has 2 radical (unpaired) electrons. The third kappa shape index (κ3) is 557. The van der Waals surface area contributed by atoms with Crippen molar-refractivity contribution in [2.75, 3.05) is 6.66 Å². The summed E-state index contributed by atoms with van der Waals surface area (Å²) < 4.78 is 9.55. The Balaban J connectivity index is 3.47. The fraction of sp³-hybridized carbons (Fsp3) is 0.500. The third-order valence-corrected chi connectivity index (χ3v) is 0. The minimum Gasteiger partial charge on any atom is -0.344 e. The fourth-order valence-electron chi connectivity index (χ4n) is 0. The minimum absolute atomic E-state index is 1.08. The predicted molar refractivity (Wildman–Crippen MR) is 20.0 cm³/mol. The van der Waals surface area contributed by atoms with Crippen LogP contribution in [-0.2, 0) is 4.57 Å². The molecular formula is C2H5O2P. The van der Waals surface area contributed by atoms with Crippen LogP contribution < -0.4 is 0 Å². The Labute approximate surface area is 31.3 Å². The lowest BCUT2D eigenvalue weighted by atomic mass is 11.9. The summed E-state index contributed by atoms with van der Waals surface area (Å²) in [4.78, 5) is 7.85. The topological polar surface area (TPSA) is 37.3 Å². The minimum atomic E-state index is -3.14. The zero-order valence-electron chi connectivity index (χ0n) is 2.88. The van der Waals surface area contributed by atoms with Gasteiger partial charge in [-0.3, -0.25) is 4.57 Å². The first-order valence-corrected chi connectivity index (χ1v) is 3.26. The van der Waals surface area contributed by atoms with Gasteiger partial charge in [-0.05, 0) is 0 Å². The smallest absolute Gasteiger partial charge is 0.202 e. The monoisotopic (exact) mass is 92.0 g/mol. The molecule has 0 heterocycles. The molecule has 0 saturated carbocycles. The van der Waals surface area contributed by atoms with Gasteiger partial charge in [0.1, 0.15) is 0 Å². The molecular weight excluding hydrogens is 87.0 g/mol. The summed E-state index contributed by atoms with van der Waals surface area (Å²) in [6.45, 7) is 5.54. The van der Waals surface area contributed by atoms with E-state index < -0.39 is 7.37 Å². The van der Waals surface area contributed by atoms with Crippen LogP contribution in [0.5, 0.6) is 0 Å². The first-order chi connectivity index (χ1) is 2.00. The van der Waals surface area contributed by atoms with Gasteiger partial charge in [0, 0.05) is 6.66 Å². The Bertz CT molecular complexity index is 53.8. The molecule has 0 fully saturated rings. The van der Waals surface area contributed by atoms with Gasteiger partial charge < -0.3 is 4.89 Å². The molecule has 30 valence electrons. The van der Waals surface area contributed by atoms with Crippen LogP contribution in [0, 0.1) is 6.66 Å². The first kappa shape index (κ1) is 5.19. The molecule has 1 N–H and O–H groups in total. The van der Waals surface area contributed by atoms with Gasteiger partial charge in [0.05, 0.1) is 6.66 Å². The van der Waals surface area contributed by atoms with Crippen LogP contribution in [0.15, 0.2) is 0 Å². The van der Waals surface area contributed by atoms with E-state index in [2.05, 4.69) is 6.66 Å². The average molecular weight is 92.0 g/mol. The van der Waals surface area contributed by atoms with Crippen LogP contribution in [-0.4, -0.2) is 11.6 Å². The van der Waals surface area contributed by atoms with E-state index in [4.69, 9.17) is 4.89 Å². The van der Waals surface area contributed by atoms with E-state index in [-0.39, 0.29) is 0 Å². The molecule has 2 nitrogen and oxygen atoms in total. The Kier molecular flexibility index (Phi) is 1.16. The number of hydrogen-bond donors (Lipinski definition) is 1. The highest BCUT2D eigenvalue weighted by Gasteiger charge is 1.93. The Morgan fingerprint density at radius 1 is 2.00 bits per heavy atom. The molecule has 1 unspecified atom stereocenters. The van der Waals surface area contributed by atoms with Crippen molar-refractivity contribution in [2.24, 2.45) is 0 Å². The van der Waals surface area contributed by atoms with E-state index >= 15 is 0 Å². The summed E-state index contributed by atoms with van der Waals surface area (Å²) in [5, 5.41) is 0. The highest BCUT2D eigenvalue weighted by Crippen LogP contribution is 2.30. The van der Waals surface area contributed by atoms with Crippen molar-refractivity contribution in [3.63, 3.8) is 0 Å². The fourth-order valence-corrected chi connectivity index (χ4v) is 0. The van der Waals surface area contributed by atoms with Crippen LogP contribution >= 0.6 is 7.37 Å². The van der Waals surface area contributed by atoms with Crippen molar-refractivity contribution in [1.82, 2.24) is 0 Å². The Morgan fingerprint density at radius 2 is 2.00 bits per heavy atom. The lowest BCUT2D eigenvalue weighted by molar-refractivity contribution is 0.495. The van der Waals surface area contributed by atoms with Gasteiger partial charge in [-0.25, -0.2) is 0 Å². The van der Waals surface area contributed by atoms with Crippen molar-refractivity contribution in [3.8, 4) is 0 Å². The lowest BCUT2D eigenvalue weighted by Gasteiger charge is -1.85. The van der Waals surface area contributed by atoms with Gasteiger partial charge in [-0.2, -0.15) is 0 Å². The summed E-state index contributed by atoms with van der Waals surface area (Å²) in [5.41, 5.74) is 0. The van der Waals surface area contributed by atoms with Crippen molar-refractivity contribution in [1.29, 1.82) is 0 Å². The summed E-state index contributed by atoms with van der Waals surface area (Å²) in [5.74, 6) is 0. The van der Waals surface area contributed by atoms with Crippen LogP contribution in [0.1, 0.15) is 0 Å². The molecule has 0 aliphatic carbocycles. The van der Waals surface area contributed by atoms with Gasteiger partial charge in [0.15, 0.2) is 0 Å². The van der Waals surface area contributed by atoms with Gasteiger partial charge in [-0.1, -0.05) is 0 Å². The lowest BCUT2D eigenvalue weighted by Crippen LogP contribution is -1.58. The third-order valence-electron chi connectivity index (χ3n) is 0. The van der Waals surface area contributed by atoms with E-state index in [1.807, 2.05) is 0 Å². The maximum atomic E-state index is 9.55. The highest BCUT2D eigenvalue weighted by atomic mass is 31.2.